The molecule has 2 aromatic carbocycles. The Hall–Kier alpha value is -2.11. The number of hydrogen-bond acceptors (Lipinski definition) is 1. The van der Waals surface area contributed by atoms with Gasteiger partial charge in [-0.2, -0.15) is 0 Å². The standard InChI is InChI=1S/C18H17FO/c1-3-13-18(20,4-2)15-11-9-14(10-12-15)16-7-5-6-8-17(16)19/h2,5-12,20H,3,13H2,1H3. The van der Waals surface area contributed by atoms with Crippen LogP contribution in [0.1, 0.15) is 25.3 Å². The average Bonchev–Trinajstić information content (AvgIpc) is 2.48. The fourth-order valence-corrected chi connectivity index (χ4v) is 2.28. The molecule has 1 N–H and O–H groups in total. The quantitative estimate of drug-likeness (QED) is 0.827. The minimum absolute atomic E-state index is 0.263. The predicted octanol–water partition coefficient (Wildman–Crippen LogP) is 4.11. The van der Waals surface area contributed by atoms with Crippen LogP contribution in [0.25, 0.3) is 11.1 Å². The van der Waals surface area contributed by atoms with Crippen LogP contribution in [0.4, 0.5) is 4.39 Å². The van der Waals surface area contributed by atoms with E-state index < -0.39 is 5.60 Å². The minimum Gasteiger partial charge on any atom is -0.373 e. The zero-order chi connectivity index (χ0) is 14.6. The molecular weight excluding hydrogens is 251 g/mol. The summed E-state index contributed by atoms with van der Waals surface area (Å²) >= 11 is 0. The van der Waals surface area contributed by atoms with Crippen molar-refractivity contribution in [3.05, 3.63) is 59.9 Å². The van der Waals surface area contributed by atoms with Crippen molar-refractivity contribution in [1.29, 1.82) is 0 Å². The first-order valence-corrected chi connectivity index (χ1v) is 6.66. The highest BCUT2D eigenvalue weighted by Gasteiger charge is 2.25. The molecule has 1 unspecified atom stereocenters. The normalized spacial score (nSPS) is 13.5. The van der Waals surface area contributed by atoms with Crippen molar-refractivity contribution in [3.63, 3.8) is 0 Å². The van der Waals surface area contributed by atoms with Gasteiger partial charge in [-0.1, -0.05) is 61.7 Å². The fraction of sp³-hybridized carbons (Fsp3) is 0.222. The highest BCUT2D eigenvalue weighted by atomic mass is 19.1. The second-order valence-corrected chi connectivity index (χ2v) is 4.81. The SMILES string of the molecule is C#CC(O)(CCC)c1ccc(-c2ccccc2F)cc1. The van der Waals surface area contributed by atoms with Crippen LogP contribution in [0.2, 0.25) is 0 Å². The Labute approximate surface area is 119 Å². The lowest BCUT2D eigenvalue weighted by atomic mass is 9.89. The number of rotatable bonds is 4. The van der Waals surface area contributed by atoms with E-state index in [-0.39, 0.29) is 5.82 Å². The first-order valence-electron chi connectivity index (χ1n) is 6.66. The molecule has 102 valence electrons. The molecule has 1 nitrogen and oxygen atoms in total. The third-order valence-corrected chi connectivity index (χ3v) is 3.40. The molecule has 0 radical (unpaired) electrons. The molecule has 2 heteroatoms. The van der Waals surface area contributed by atoms with Crippen molar-refractivity contribution >= 4 is 0 Å². The van der Waals surface area contributed by atoms with E-state index in [9.17, 15) is 9.50 Å². The van der Waals surface area contributed by atoms with Gasteiger partial charge in [0.15, 0.2) is 5.60 Å². The predicted molar refractivity (Wildman–Crippen MR) is 79.5 cm³/mol. The van der Waals surface area contributed by atoms with Crippen molar-refractivity contribution in [2.45, 2.75) is 25.4 Å². The minimum atomic E-state index is -1.25. The van der Waals surface area contributed by atoms with Gasteiger partial charge >= 0.3 is 0 Å². The zero-order valence-corrected chi connectivity index (χ0v) is 11.4. The maximum absolute atomic E-state index is 13.7. The van der Waals surface area contributed by atoms with E-state index in [2.05, 4.69) is 5.92 Å². The molecule has 0 aliphatic carbocycles. The maximum atomic E-state index is 13.7. The summed E-state index contributed by atoms with van der Waals surface area (Å²) in [6, 6.07) is 13.7. The van der Waals surface area contributed by atoms with Gasteiger partial charge in [0.1, 0.15) is 5.82 Å². The highest BCUT2D eigenvalue weighted by Crippen LogP contribution is 2.29. The topological polar surface area (TPSA) is 20.2 Å². The Morgan fingerprint density at radius 2 is 1.80 bits per heavy atom. The van der Waals surface area contributed by atoms with Crippen molar-refractivity contribution in [2.75, 3.05) is 0 Å². The van der Waals surface area contributed by atoms with E-state index in [1.807, 2.05) is 6.92 Å². The van der Waals surface area contributed by atoms with Crippen molar-refractivity contribution < 1.29 is 9.50 Å². The molecule has 0 bridgehead atoms. The maximum Gasteiger partial charge on any atom is 0.150 e. The third-order valence-electron chi connectivity index (χ3n) is 3.40. The van der Waals surface area contributed by atoms with Crippen LogP contribution in [-0.4, -0.2) is 5.11 Å². The summed E-state index contributed by atoms with van der Waals surface area (Å²) in [5.41, 5.74) is 0.728. The van der Waals surface area contributed by atoms with Crippen molar-refractivity contribution in [2.24, 2.45) is 0 Å². The van der Waals surface area contributed by atoms with Gasteiger partial charge in [0, 0.05) is 5.56 Å². The summed E-state index contributed by atoms with van der Waals surface area (Å²) in [7, 11) is 0. The summed E-state index contributed by atoms with van der Waals surface area (Å²) in [5.74, 6) is 2.18. The first kappa shape index (κ1) is 14.3. The summed E-state index contributed by atoms with van der Waals surface area (Å²) in [6.07, 6.45) is 6.73. The third kappa shape index (κ3) is 2.74. The van der Waals surface area contributed by atoms with Gasteiger partial charge in [0.25, 0.3) is 0 Å². The lowest BCUT2D eigenvalue weighted by molar-refractivity contribution is 0.0896. The average molecular weight is 268 g/mol. The molecule has 0 spiro atoms. The molecule has 0 fully saturated rings. The lowest BCUT2D eigenvalue weighted by Crippen LogP contribution is -2.22. The molecule has 1 atom stereocenters. The van der Waals surface area contributed by atoms with Crippen LogP contribution in [-0.2, 0) is 5.60 Å². The fourth-order valence-electron chi connectivity index (χ4n) is 2.28. The molecule has 0 aliphatic rings. The zero-order valence-electron chi connectivity index (χ0n) is 11.4. The van der Waals surface area contributed by atoms with Gasteiger partial charge in [-0.05, 0) is 23.6 Å². The summed E-state index contributed by atoms with van der Waals surface area (Å²) in [6.45, 7) is 1.97. The molecular formula is C18H17FO. The van der Waals surface area contributed by atoms with Gasteiger partial charge < -0.3 is 5.11 Å². The lowest BCUT2D eigenvalue weighted by Gasteiger charge is -2.22. The Bertz CT molecular complexity index is 625. The Morgan fingerprint density at radius 3 is 2.35 bits per heavy atom. The summed E-state index contributed by atoms with van der Waals surface area (Å²) in [5, 5.41) is 10.4. The van der Waals surface area contributed by atoms with Crippen LogP contribution in [0, 0.1) is 18.2 Å². The Balaban J connectivity index is 2.36. The van der Waals surface area contributed by atoms with E-state index >= 15 is 0 Å². The number of terminal acetylenes is 1. The number of hydrogen-bond donors (Lipinski definition) is 1. The molecule has 0 heterocycles. The highest BCUT2D eigenvalue weighted by molar-refractivity contribution is 5.64. The molecule has 0 amide bonds. The van der Waals surface area contributed by atoms with Crippen LogP contribution < -0.4 is 0 Å². The van der Waals surface area contributed by atoms with E-state index in [0.717, 1.165) is 12.0 Å². The second-order valence-electron chi connectivity index (χ2n) is 4.81. The molecule has 2 aromatic rings. The van der Waals surface area contributed by atoms with E-state index in [0.29, 0.717) is 17.5 Å². The van der Waals surface area contributed by atoms with E-state index in [4.69, 9.17) is 6.42 Å². The van der Waals surface area contributed by atoms with Gasteiger partial charge in [0.05, 0.1) is 0 Å². The van der Waals surface area contributed by atoms with Crippen molar-refractivity contribution in [3.8, 4) is 23.5 Å². The summed E-state index contributed by atoms with van der Waals surface area (Å²) < 4.78 is 13.7. The first-order chi connectivity index (χ1) is 9.60. The monoisotopic (exact) mass is 268 g/mol. The Kier molecular flexibility index (Phi) is 4.22. The van der Waals surface area contributed by atoms with Crippen LogP contribution in [0.5, 0.6) is 0 Å². The molecule has 0 aliphatic heterocycles. The molecule has 2 rings (SSSR count). The van der Waals surface area contributed by atoms with Gasteiger partial charge in [-0.3, -0.25) is 0 Å². The number of halogens is 1. The molecule has 0 aromatic heterocycles. The molecule has 0 saturated heterocycles. The molecule has 20 heavy (non-hydrogen) atoms. The van der Waals surface area contributed by atoms with Gasteiger partial charge in [-0.15, -0.1) is 6.42 Å². The summed E-state index contributed by atoms with van der Waals surface area (Å²) in [4.78, 5) is 0. The smallest absolute Gasteiger partial charge is 0.150 e. The van der Waals surface area contributed by atoms with Crippen molar-refractivity contribution in [1.82, 2.24) is 0 Å². The van der Waals surface area contributed by atoms with E-state index in [1.165, 1.54) is 6.07 Å². The van der Waals surface area contributed by atoms with Crippen LogP contribution >= 0.6 is 0 Å². The second kappa shape index (κ2) is 5.90. The molecule has 0 saturated carbocycles. The number of benzene rings is 2. The van der Waals surface area contributed by atoms with Crippen LogP contribution in [0.15, 0.2) is 48.5 Å². The van der Waals surface area contributed by atoms with Gasteiger partial charge in [0.2, 0.25) is 0 Å². The largest absolute Gasteiger partial charge is 0.373 e. The Morgan fingerprint density at radius 1 is 1.15 bits per heavy atom. The van der Waals surface area contributed by atoms with Crippen LogP contribution in [0.3, 0.4) is 0 Å². The van der Waals surface area contributed by atoms with Gasteiger partial charge in [-0.25, -0.2) is 4.39 Å². The van der Waals surface area contributed by atoms with E-state index in [1.54, 1.807) is 42.5 Å². The number of aliphatic hydroxyl groups is 1.